The molecule has 0 aromatic heterocycles. The lowest BCUT2D eigenvalue weighted by Crippen LogP contribution is -2.44. The Balaban J connectivity index is 1.75. The molecule has 144 valence electrons. The number of nitrogens with zero attached hydrogens (tertiary/aromatic N) is 1. The van der Waals surface area contributed by atoms with Crippen molar-refractivity contribution in [2.45, 2.75) is 19.8 Å². The van der Waals surface area contributed by atoms with E-state index in [0.717, 1.165) is 40.9 Å². The van der Waals surface area contributed by atoms with Gasteiger partial charge >= 0.3 is 0 Å². The van der Waals surface area contributed by atoms with Crippen LogP contribution in [0.5, 0.6) is 5.75 Å². The number of hydrogen-bond donors (Lipinski definition) is 1. The van der Waals surface area contributed by atoms with Gasteiger partial charge in [0.2, 0.25) is 0 Å². The largest absolute Gasteiger partial charge is 0.493 e. The Morgan fingerprint density at radius 3 is 2.64 bits per heavy atom. The minimum atomic E-state index is -0.388. The molecule has 1 saturated heterocycles. The summed E-state index contributed by atoms with van der Waals surface area (Å²) in [5, 5.41) is 1.11. The van der Waals surface area contributed by atoms with E-state index in [2.05, 4.69) is 12.3 Å². The molecule has 0 bridgehead atoms. The molecule has 0 saturated carbocycles. The van der Waals surface area contributed by atoms with Gasteiger partial charge in [0.1, 0.15) is 5.75 Å². The van der Waals surface area contributed by atoms with Crippen LogP contribution in [0.2, 0.25) is 0 Å². The number of nitrogens with one attached hydrogen (secondary N) is 1. The van der Waals surface area contributed by atoms with Gasteiger partial charge in [0.05, 0.1) is 11.5 Å². The van der Waals surface area contributed by atoms with Crippen molar-refractivity contribution in [1.82, 2.24) is 10.4 Å². The first-order valence-corrected chi connectivity index (χ1v) is 10.2. The Morgan fingerprint density at radius 1 is 1.18 bits per heavy atom. The molecular weight excluding hydrogens is 392 g/mol. The van der Waals surface area contributed by atoms with E-state index < -0.39 is 0 Å². The number of ether oxygens (including phenoxy) is 1. The first-order chi connectivity index (χ1) is 13.6. The van der Waals surface area contributed by atoms with E-state index in [4.69, 9.17) is 17.0 Å². The van der Waals surface area contributed by atoms with Crippen molar-refractivity contribution >= 4 is 46.2 Å². The van der Waals surface area contributed by atoms with Crippen LogP contribution in [0.1, 0.15) is 35.7 Å². The van der Waals surface area contributed by atoms with E-state index in [9.17, 15) is 9.59 Å². The molecule has 2 aromatic carbocycles. The molecule has 2 amide bonds. The number of thiocarbonyl (C=S) groups is 1. The van der Waals surface area contributed by atoms with Crippen LogP contribution in [0.4, 0.5) is 0 Å². The molecule has 0 radical (unpaired) electrons. The molecule has 7 heteroatoms. The summed E-state index contributed by atoms with van der Waals surface area (Å²) in [5.74, 6) is -0.0290. The van der Waals surface area contributed by atoms with Gasteiger partial charge in [-0.25, -0.2) is 0 Å². The van der Waals surface area contributed by atoms with Gasteiger partial charge in [-0.1, -0.05) is 61.5 Å². The van der Waals surface area contributed by atoms with E-state index in [1.54, 1.807) is 30.3 Å². The third kappa shape index (κ3) is 4.79. The molecule has 1 aliphatic rings. The van der Waals surface area contributed by atoms with Gasteiger partial charge in [-0.3, -0.25) is 15.0 Å². The third-order valence-electron chi connectivity index (χ3n) is 4.00. The number of rotatable bonds is 7. The lowest BCUT2D eigenvalue weighted by atomic mass is 10.2. The maximum atomic E-state index is 12.8. The first kappa shape index (κ1) is 20.1. The molecule has 28 heavy (non-hydrogen) atoms. The standard InChI is InChI=1S/C21H20N2O3S2/c1-2-3-13-26-17-12-8-7-11-16(17)14-18-20(25)23(21(27)28-18)22-19(24)15-9-5-4-6-10-15/h4-12,14H,2-3,13H2,1H3,(H,22,24)/b18-14+. The number of benzene rings is 2. The number of unbranched alkanes of at least 4 members (excludes halogenated alkanes) is 1. The van der Waals surface area contributed by atoms with Gasteiger partial charge in [-0.15, -0.1) is 0 Å². The zero-order valence-corrected chi connectivity index (χ0v) is 17.0. The van der Waals surface area contributed by atoms with Gasteiger partial charge in [0, 0.05) is 11.1 Å². The van der Waals surface area contributed by atoms with Crippen LogP contribution in [0.15, 0.2) is 59.5 Å². The fraction of sp³-hybridized carbons (Fsp3) is 0.190. The number of hydrogen-bond acceptors (Lipinski definition) is 5. The highest BCUT2D eigenvalue weighted by atomic mass is 32.2. The number of carbonyl (C=O) groups is 2. The molecule has 2 aromatic rings. The first-order valence-electron chi connectivity index (χ1n) is 8.96. The average molecular weight is 413 g/mol. The fourth-order valence-corrected chi connectivity index (χ4v) is 3.69. The van der Waals surface area contributed by atoms with Crippen molar-refractivity contribution in [1.29, 1.82) is 0 Å². The third-order valence-corrected chi connectivity index (χ3v) is 5.31. The smallest absolute Gasteiger partial charge is 0.285 e. The molecule has 0 atom stereocenters. The molecule has 1 fully saturated rings. The van der Waals surface area contributed by atoms with Gasteiger partial charge in [-0.05, 0) is 42.9 Å². The summed E-state index contributed by atoms with van der Waals surface area (Å²) < 4.78 is 6.10. The summed E-state index contributed by atoms with van der Waals surface area (Å²) in [4.78, 5) is 25.5. The van der Waals surface area contributed by atoms with E-state index >= 15 is 0 Å². The molecule has 1 aliphatic heterocycles. The summed E-state index contributed by atoms with van der Waals surface area (Å²) in [7, 11) is 0. The molecule has 0 aliphatic carbocycles. The fourth-order valence-electron chi connectivity index (χ4n) is 2.52. The monoisotopic (exact) mass is 412 g/mol. The summed E-state index contributed by atoms with van der Waals surface area (Å²) in [6.45, 7) is 2.72. The highest BCUT2D eigenvalue weighted by Crippen LogP contribution is 2.33. The predicted octanol–water partition coefficient (Wildman–Crippen LogP) is 4.41. The maximum Gasteiger partial charge on any atom is 0.285 e. The van der Waals surface area contributed by atoms with Crippen molar-refractivity contribution in [3.05, 3.63) is 70.6 Å². The number of amides is 2. The Hall–Kier alpha value is -2.64. The Labute approximate surface area is 173 Å². The van der Waals surface area contributed by atoms with Crippen LogP contribution in [0.3, 0.4) is 0 Å². The lowest BCUT2D eigenvalue weighted by molar-refractivity contribution is -0.123. The lowest BCUT2D eigenvalue weighted by Gasteiger charge is -2.15. The van der Waals surface area contributed by atoms with Crippen LogP contribution in [-0.4, -0.2) is 27.8 Å². The van der Waals surface area contributed by atoms with Crippen LogP contribution in [-0.2, 0) is 4.79 Å². The van der Waals surface area contributed by atoms with Crippen LogP contribution >= 0.6 is 24.0 Å². The molecular formula is C21H20N2O3S2. The maximum absolute atomic E-state index is 12.8. The highest BCUT2D eigenvalue weighted by Gasteiger charge is 2.34. The number of para-hydroxylation sites is 1. The number of thioether (sulfide) groups is 1. The number of carbonyl (C=O) groups excluding carboxylic acids is 2. The summed E-state index contributed by atoms with van der Waals surface area (Å²) in [6.07, 6.45) is 3.75. The van der Waals surface area contributed by atoms with Crippen molar-refractivity contribution in [3.63, 3.8) is 0 Å². The van der Waals surface area contributed by atoms with Gasteiger partial charge in [0.25, 0.3) is 11.8 Å². The minimum absolute atomic E-state index is 0.282. The zero-order valence-electron chi connectivity index (χ0n) is 15.4. The second-order valence-electron chi connectivity index (χ2n) is 6.06. The SMILES string of the molecule is CCCCOc1ccccc1/C=C1/SC(=S)N(NC(=O)c2ccccc2)C1=O. The van der Waals surface area contributed by atoms with Crippen LogP contribution < -0.4 is 10.2 Å². The van der Waals surface area contributed by atoms with Crippen molar-refractivity contribution in [3.8, 4) is 5.75 Å². The van der Waals surface area contributed by atoms with Crippen molar-refractivity contribution in [2.24, 2.45) is 0 Å². The quantitative estimate of drug-likeness (QED) is 0.415. The molecule has 1 heterocycles. The predicted molar refractivity (Wildman–Crippen MR) is 116 cm³/mol. The Kier molecular flexibility index (Phi) is 6.84. The highest BCUT2D eigenvalue weighted by molar-refractivity contribution is 8.26. The topological polar surface area (TPSA) is 58.6 Å². The van der Waals surface area contributed by atoms with Gasteiger partial charge in [0.15, 0.2) is 4.32 Å². The second-order valence-corrected chi connectivity index (χ2v) is 7.74. The summed E-state index contributed by atoms with van der Waals surface area (Å²) in [5.41, 5.74) is 3.83. The summed E-state index contributed by atoms with van der Waals surface area (Å²) >= 11 is 6.43. The van der Waals surface area contributed by atoms with Crippen LogP contribution in [0, 0.1) is 0 Å². The molecule has 5 nitrogen and oxygen atoms in total. The average Bonchev–Trinajstić information content (AvgIpc) is 2.97. The van der Waals surface area contributed by atoms with Crippen molar-refractivity contribution < 1.29 is 14.3 Å². The molecule has 0 unspecified atom stereocenters. The van der Waals surface area contributed by atoms with E-state index in [1.807, 2.05) is 30.3 Å². The molecule has 0 spiro atoms. The normalized spacial score (nSPS) is 15.2. The Morgan fingerprint density at radius 2 is 1.89 bits per heavy atom. The summed E-state index contributed by atoms with van der Waals surface area (Å²) in [6, 6.07) is 16.2. The van der Waals surface area contributed by atoms with E-state index in [-0.39, 0.29) is 16.1 Å². The molecule has 3 rings (SSSR count). The van der Waals surface area contributed by atoms with Gasteiger partial charge < -0.3 is 4.74 Å². The number of hydrazine groups is 1. The van der Waals surface area contributed by atoms with E-state index in [0.29, 0.717) is 17.1 Å². The van der Waals surface area contributed by atoms with Gasteiger partial charge in [-0.2, -0.15) is 5.01 Å². The van der Waals surface area contributed by atoms with Crippen molar-refractivity contribution in [2.75, 3.05) is 6.61 Å². The molecule has 1 N–H and O–H groups in total. The Bertz CT molecular complexity index is 913. The van der Waals surface area contributed by atoms with E-state index in [1.165, 1.54) is 0 Å². The minimum Gasteiger partial charge on any atom is -0.493 e. The second kappa shape index (κ2) is 9.52. The van der Waals surface area contributed by atoms with Crippen LogP contribution in [0.25, 0.3) is 6.08 Å². The zero-order chi connectivity index (χ0) is 19.9.